The normalized spacial score (nSPS) is 13.0. The van der Waals surface area contributed by atoms with Gasteiger partial charge in [0.25, 0.3) is 5.91 Å². The summed E-state index contributed by atoms with van der Waals surface area (Å²) in [6.45, 7) is 1.31. The molecule has 0 aliphatic carbocycles. The summed E-state index contributed by atoms with van der Waals surface area (Å²) in [4.78, 5) is 23.1. The summed E-state index contributed by atoms with van der Waals surface area (Å²) in [6.07, 6.45) is 2.28. The van der Waals surface area contributed by atoms with Crippen LogP contribution in [0.5, 0.6) is 5.75 Å². The van der Waals surface area contributed by atoms with Crippen LogP contribution >= 0.6 is 0 Å². The number of carbonyl (C=O) groups excluding carboxylic acids is 1. The smallest absolute Gasteiger partial charge is 0.272 e. The van der Waals surface area contributed by atoms with Gasteiger partial charge in [-0.25, -0.2) is 9.97 Å². The van der Waals surface area contributed by atoms with Crippen molar-refractivity contribution in [3.8, 4) is 5.75 Å². The number of benzene rings is 2. The summed E-state index contributed by atoms with van der Waals surface area (Å²) in [5, 5.41) is 3.19. The molecule has 3 aromatic rings. The molecular formula is C21H20N4O2. The maximum Gasteiger partial charge on any atom is 0.272 e. The average Bonchev–Trinajstić information content (AvgIpc) is 2.73. The Labute approximate surface area is 157 Å². The number of methoxy groups -OCH3 is 1. The van der Waals surface area contributed by atoms with Crippen LogP contribution in [0.3, 0.4) is 0 Å². The maximum absolute atomic E-state index is 12.9. The van der Waals surface area contributed by atoms with Gasteiger partial charge in [-0.05, 0) is 41.8 Å². The van der Waals surface area contributed by atoms with Gasteiger partial charge in [0.05, 0.1) is 7.11 Å². The predicted molar refractivity (Wildman–Crippen MR) is 103 cm³/mol. The number of fused-ring (bicyclic) bond motifs is 1. The molecule has 1 aliphatic rings. The standard InChI is InChI=1S/C21H20N4O2/c1-27-18-8-6-17(7-9-18)24-20-12-19(22-14-23-20)21(26)25-11-10-15-4-2-3-5-16(15)13-25/h2-9,12,14H,10-11,13H2,1H3,(H,22,23,24). The highest BCUT2D eigenvalue weighted by Crippen LogP contribution is 2.22. The topological polar surface area (TPSA) is 67.3 Å². The molecule has 0 radical (unpaired) electrons. The summed E-state index contributed by atoms with van der Waals surface area (Å²) in [5.41, 5.74) is 3.76. The van der Waals surface area contributed by atoms with Crippen LogP contribution in [0.25, 0.3) is 0 Å². The van der Waals surface area contributed by atoms with Gasteiger partial charge in [-0.3, -0.25) is 4.79 Å². The van der Waals surface area contributed by atoms with Gasteiger partial charge in [-0.1, -0.05) is 24.3 Å². The SMILES string of the molecule is COc1ccc(Nc2cc(C(=O)N3CCc4ccccc4C3)ncn2)cc1. The van der Waals surface area contributed by atoms with Gasteiger partial charge in [0.15, 0.2) is 0 Å². The number of carbonyl (C=O) groups is 1. The van der Waals surface area contributed by atoms with Crippen molar-refractivity contribution in [2.24, 2.45) is 0 Å². The number of ether oxygens (including phenoxy) is 1. The van der Waals surface area contributed by atoms with E-state index in [2.05, 4.69) is 27.4 Å². The van der Waals surface area contributed by atoms with E-state index in [0.717, 1.165) is 17.9 Å². The Morgan fingerprint density at radius 2 is 1.85 bits per heavy atom. The molecule has 27 heavy (non-hydrogen) atoms. The van der Waals surface area contributed by atoms with Crippen molar-refractivity contribution < 1.29 is 9.53 Å². The molecule has 2 aromatic carbocycles. The van der Waals surface area contributed by atoms with Gasteiger partial charge in [0.2, 0.25) is 0 Å². The molecule has 1 aliphatic heterocycles. The lowest BCUT2D eigenvalue weighted by atomic mass is 10.00. The Balaban J connectivity index is 1.49. The fraction of sp³-hybridized carbons (Fsp3) is 0.190. The first-order chi connectivity index (χ1) is 13.2. The van der Waals surface area contributed by atoms with E-state index in [4.69, 9.17) is 4.74 Å². The number of nitrogens with one attached hydrogen (secondary N) is 1. The van der Waals surface area contributed by atoms with Gasteiger partial charge in [0.1, 0.15) is 23.6 Å². The third-order valence-electron chi connectivity index (χ3n) is 4.67. The second kappa shape index (κ2) is 7.45. The predicted octanol–water partition coefficient (Wildman–Crippen LogP) is 3.43. The van der Waals surface area contributed by atoms with Gasteiger partial charge >= 0.3 is 0 Å². The molecule has 4 rings (SSSR count). The molecule has 0 fully saturated rings. The molecule has 136 valence electrons. The monoisotopic (exact) mass is 360 g/mol. The molecule has 0 bridgehead atoms. The molecule has 6 heteroatoms. The van der Waals surface area contributed by atoms with Crippen molar-refractivity contribution in [3.05, 3.63) is 77.7 Å². The minimum absolute atomic E-state index is 0.0790. The van der Waals surface area contributed by atoms with E-state index in [1.807, 2.05) is 41.3 Å². The van der Waals surface area contributed by atoms with E-state index >= 15 is 0 Å². The van der Waals surface area contributed by atoms with Crippen molar-refractivity contribution in [2.75, 3.05) is 19.0 Å². The molecular weight excluding hydrogens is 340 g/mol. The summed E-state index contributed by atoms with van der Waals surface area (Å²) in [7, 11) is 1.63. The van der Waals surface area contributed by atoms with E-state index in [9.17, 15) is 4.79 Å². The van der Waals surface area contributed by atoms with Gasteiger partial charge in [-0.15, -0.1) is 0 Å². The zero-order chi connectivity index (χ0) is 18.6. The summed E-state index contributed by atoms with van der Waals surface area (Å²) in [6, 6.07) is 17.4. The molecule has 1 aromatic heterocycles. The molecule has 0 saturated carbocycles. The lowest BCUT2D eigenvalue weighted by molar-refractivity contribution is 0.0728. The molecule has 0 saturated heterocycles. The number of rotatable bonds is 4. The number of nitrogens with zero attached hydrogens (tertiary/aromatic N) is 3. The highest BCUT2D eigenvalue weighted by atomic mass is 16.5. The quantitative estimate of drug-likeness (QED) is 0.772. The fourth-order valence-corrected chi connectivity index (χ4v) is 3.20. The first-order valence-corrected chi connectivity index (χ1v) is 8.82. The molecule has 0 unspecified atom stereocenters. The Hall–Kier alpha value is -3.41. The largest absolute Gasteiger partial charge is 0.497 e. The average molecular weight is 360 g/mol. The summed E-state index contributed by atoms with van der Waals surface area (Å²) >= 11 is 0. The molecule has 6 nitrogen and oxygen atoms in total. The van der Waals surface area contributed by atoms with Crippen molar-refractivity contribution in [3.63, 3.8) is 0 Å². The Morgan fingerprint density at radius 1 is 1.07 bits per heavy atom. The molecule has 0 atom stereocenters. The van der Waals surface area contributed by atoms with Crippen LogP contribution in [-0.2, 0) is 13.0 Å². The van der Waals surface area contributed by atoms with Crippen molar-refractivity contribution in [1.29, 1.82) is 0 Å². The lowest BCUT2D eigenvalue weighted by Gasteiger charge is -2.28. The van der Waals surface area contributed by atoms with Crippen LogP contribution in [0.15, 0.2) is 60.9 Å². The van der Waals surface area contributed by atoms with Crippen LogP contribution in [0.4, 0.5) is 11.5 Å². The van der Waals surface area contributed by atoms with E-state index in [0.29, 0.717) is 24.6 Å². The number of aromatic nitrogens is 2. The van der Waals surface area contributed by atoms with Crippen LogP contribution in [0, 0.1) is 0 Å². The first-order valence-electron chi connectivity index (χ1n) is 8.82. The van der Waals surface area contributed by atoms with Crippen LogP contribution in [-0.4, -0.2) is 34.4 Å². The highest BCUT2D eigenvalue weighted by molar-refractivity contribution is 5.93. The zero-order valence-corrected chi connectivity index (χ0v) is 15.1. The third kappa shape index (κ3) is 3.74. The molecule has 0 spiro atoms. The van der Waals surface area contributed by atoms with Crippen LogP contribution in [0.1, 0.15) is 21.6 Å². The minimum atomic E-state index is -0.0790. The summed E-state index contributed by atoms with van der Waals surface area (Å²) in [5.74, 6) is 1.28. The lowest BCUT2D eigenvalue weighted by Crippen LogP contribution is -2.36. The number of anilines is 2. The van der Waals surface area contributed by atoms with E-state index < -0.39 is 0 Å². The molecule has 1 amide bonds. The molecule has 2 heterocycles. The summed E-state index contributed by atoms with van der Waals surface area (Å²) < 4.78 is 5.16. The third-order valence-corrected chi connectivity index (χ3v) is 4.67. The van der Waals surface area contributed by atoms with Crippen LogP contribution < -0.4 is 10.1 Å². The van der Waals surface area contributed by atoms with Gasteiger partial charge < -0.3 is 15.0 Å². The second-order valence-corrected chi connectivity index (χ2v) is 6.39. The minimum Gasteiger partial charge on any atom is -0.497 e. The molecule has 1 N–H and O–H groups in total. The number of hydrogen-bond donors (Lipinski definition) is 1. The first kappa shape index (κ1) is 17.0. The Morgan fingerprint density at radius 3 is 2.63 bits per heavy atom. The number of hydrogen-bond acceptors (Lipinski definition) is 5. The van der Waals surface area contributed by atoms with Crippen molar-refractivity contribution in [2.45, 2.75) is 13.0 Å². The van der Waals surface area contributed by atoms with Gasteiger partial charge in [0, 0.05) is 24.8 Å². The van der Waals surface area contributed by atoms with Gasteiger partial charge in [-0.2, -0.15) is 0 Å². The maximum atomic E-state index is 12.9. The van der Waals surface area contributed by atoms with E-state index in [1.165, 1.54) is 17.5 Å². The van der Waals surface area contributed by atoms with Crippen molar-refractivity contribution >= 4 is 17.4 Å². The number of amides is 1. The Bertz CT molecular complexity index is 956. The highest BCUT2D eigenvalue weighted by Gasteiger charge is 2.22. The fourth-order valence-electron chi connectivity index (χ4n) is 3.20. The second-order valence-electron chi connectivity index (χ2n) is 6.39. The van der Waals surface area contributed by atoms with Crippen molar-refractivity contribution in [1.82, 2.24) is 14.9 Å². The Kier molecular flexibility index (Phi) is 4.70. The van der Waals surface area contributed by atoms with E-state index in [1.54, 1.807) is 13.2 Å². The zero-order valence-electron chi connectivity index (χ0n) is 15.1. The van der Waals surface area contributed by atoms with E-state index in [-0.39, 0.29) is 5.91 Å². The van der Waals surface area contributed by atoms with Crippen LogP contribution in [0.2, 0.25) is 0 Å².